The van der Waals surface area contributed by atoms with Crippen LogP contribution in [0.1, 0.15) is 19.4 Å². The zero-order valence-electron chi connectivity index (χ0n) is 15.8. The van der Waals surface area contributed by atoms with Crippen LogP contribution in [-0.2, 0) is 11.2 Å². The first-order valence-corrected chi connectivity index (χ1v) is 11.0. The third kappa shape index (κ3) is 4.20. The van der Waals surface area contributed by atoms with Gasteiger partial charge in [-0.25, -0.2) is 9.98 Å². The van der Waals surface area contributed by atoms with Gasteiger partial charge in [-0.2, -0.15) is 0 Å². The van der Waals surface area contributed by atoms with E-state index in [1.807, 2.05) is 50.2 Å². The van der Waals surface area contributed by atoms with Crippen molar-refractivity contribution in [1.82, 2.24) is 4.98 Å². The van der Waals surface area contributed by atoms with E-state index >= 15 is 0 Å². The summed E-state index contributed by atoms with van der Waals surface area (Å²) < 4.78 is 1.19. The number of hydrogen-bond acceptors (Lipinski definition) is 7. The van der Waals surface area contributed by atoms with Gasteiger partial charge in [-0.3, -0.25) is 4.79 Å². The largest absolute Gasteiger partial charge is 0.361 e. The Morgan fingerprint density at radius 3 is 2.68 bits per heavy atom. The molecule has 0 bridgehead atoms. The molecule has 0 aliphatic carbocycles. The van der Waals surface area contributed by atoms with Gasteiger partial charge in [-0.05, 0) is 47.9 Å². The van der Waals surface area contributed by atoms with E-state index in [0.29, 0.717) is 5.17 Å². The van der Waals surface area contributed by atoms with E-state index in [1.54, 1.807) is 11.3 Å². The predicted molar refractivity (Wildman–Crippen MR) is 121 cm³/mol. The first-order chi connectivity index (χ1) is 13.6. The average Bonchev–Trinajstić information content (AvgIpc) is 3.26. The maximum Gasteiger partial charge on any atom is 0.221 e. The number of aliphatic imine (C=N–C) groups is 1. The number of nitrogens with one attached hydrogen (secondary N) is 2. The highest BCUT2D eigenvalue weighted by atomic mass is 32.2. The van der Waals surface area contributed by atoms with Crippen LogP contribution in [0.3, 0.4) is 0 Å². The molecule has 0 saturated heterocycles. The minimum absolute atomic E-state index is 0.118. The molecule has 2 aromatic carbocycles. The van der Waals surface area contributed by atoms with Crippen molar-refractivity contribution in [3.05, 3.63) is 54.1 Å². The van der Waals surface area contributed by atoms with E-state index in [4.69, 9.17) is 0 Å². The molecule has 1 aliphatic rings. The fourth-order valence-corrected chi connectivity index (χ4v) is 4.92. The van der Waals surface area contributed by atoms with Gasteiger partial charge in [0.05, 0.1) is 10.2 Å². The lowest BCUT2D eigenvalue weighted by molar-refractivity contribution is -0.112. The monoisotopic (exact) mass is 410 g/mol. The third-order valence-corrected chi connectivity index (χ3v) is 6.39. The smallest absolute Gasteiger partial charge is 0.221 e. The molecule has 3 aromatic rings. The van der Waals surface area contributed by atoms with E-state index < -0.39 is 0 Å². The molecule has 1 atom stereocenters. The van der Waals surface area contributed by atoms with Gasteiger partial charge >= 0.3 is 0 Å². The zero-order chi connectivity index (χ0) is 19.5. The van der Waals surface area contributed by atoms with E-state index in [-0.39, 0.29) is 17.1 Å². The summed E-state index contributed by atoms with van der Waals surface area (Å²) in [6, 6.07) is 16.1. The Kier molecular flexibility index (Phi) is 5.64. The lowest BCUT2D eigenvalue weighted by atomic mass is 10.1. The van der Waals surface area contributed by atoms with Crippen LogP contribution in [-0.4, -0.2) is 27.9 Å². The molecule has 1 aromatic heterocycles. The number of anilines is 2. The Balaban J connectivity index is 1.40. The molecular weight excluding hydrogens is 388 g/mol. The van der Waals surface area contributed by atoms with Crippen LogP contribution in [0.15, 0.2) is 53.5 Å². The molecule has 1 aliphatic heterocycles. The summed E-state index contributed by atoms with van der Waals surface area (Å²) in [5.74, 6) is 0.215. The summed E-state index contributed by atoms with van der Waals surface area (Å²) in [6.45, 7) is 4.83. The SMILES string of the molecule is CC(C)[C@@H]1N=C(Nc2ccccc2CCNc2nc3ccccc3s2)SC1=O. The summed E-state index contributed by atoms with van der Waals surface area (Å²) in [7, 11) is 0. The number of nitrogens with zero attached hydrogens (tertiary/aromatic N) is 2. The van der Waals surface area contributed by atoms with Gasteiger partial charge in [-0.15, -0.1) is 0 Å². The first-order valence-electron chi connectivity index (χ1n) is 9.34. The number of hydrogen-bond donors (Lipinski definition) is 2. The van der Waals surface area contributed by atoms with Gasteiger partial charge in [0.2, 0.25) is 5.12 Å². The molecule has 0 radical (unpaired) electrons. The standard InChI is InChI=1S/C21H22N4OS2/c1-13(2)18-19(26)28-21(25-18)23-15-8-4-3-7-14(15)11-12-22-20-24-16-9-5-6-10-17(16)27-20/h3-10,13,18H,11-12H2,1-2H3,(H,22,24)(H,23,25)/t18-/m0/s1. The number of aromatic nitrogens is 1. The second-order valence-corrected chi connectivity index (χ2v) is 9.01. The molecule has 0 unspecified atom stereocenters. The number of carbonyl (C=O) groups excluding carboxylic acids is 1. The van der Waals surface area contributed by atoms with Crippen molar-refractivity contribution in [3.63, 3.8) is 0 Å². The highest BCUT2D eigenvalue weighted by molar-refractivity contribution is 8.27. The van der Waals surface area contributed by atoms with Crippen LogP contribution in [0.5, 0.6) is 0 Å². The Labute approximate surface area is 172 Å². The third-order valence-electron chi connectivity index (χ3n) is 4.55. The maximum absolute atomic E-state index is 12.1. The molecule has 0 fully saturated rings. The zero-order valence-corrected chi connectivity index (χ0v) is 17.4. The number of fused-ring (bicyclic) bond motifs is 1. The molecule has 0 amide bonds. The van der Waals surface area contributed by atoms with Crippen molar-refractivity contribution in [3.8, 4) is 0 Å². The van der Waals surface area contributed by atoms with Crippen molar-refractivity contribution in [2.75, 3.05) is 17.2 Å². The summed E-state index contributed by atoms with van der Waals surface area (Å²) in [6.07, 6.45) is 0.846. The molecule has 0 spiro atoms. The first kappa shape index (κ1) is 19.0. The predicted octanol–water partition coefficient (Wildman–Crippen LogP) is 5.02. The molecule has 7 heteroatoms. The number of benzene rings is 2. The quantitative estimate of drug-likeness (QED) is 0.597. The summed E-state index contributed by atoms with van der Waals surface area (Å²) >= 11 is 2.87. The minimum atomic E-state index is -0.250. The second kappa shape index (κ2) is 8.32. The molecular formula is C21H22N4OS2. The Morgan fingerprint density at radius 1 is 1.11 bits per heavy atom. The van der Waals surface area contributed by atoms with Crippen LogP contribution in [0.2, 0.25) is 0 Å². The lowest BCUT2D eigenvalue weighted by Crippen LogP contribution is -2.17. The van der Waals surface area contributed by atoms with Gasteiger partial charge in [0.1, 0.15) is 6.04 Å². The molecule has 0 saturated carbocycles. The van der Waals surface area contributed by atoms with Crippen molar-refractivity contribution in [2.45, 2.75) is 26.3 Å². The Bertz CT molecular complexity index is 995. The summed E-state index contributed by atoms with van der Waals surface area (Å²) in [5, 5.41) is 8.51. The van der Waals surface area contributed by atoms with Crippen molar-refractivity contribution < 1.29 is 4.79 Å². The van der Waals surface area contributed by atoms with E-state index in [2.05, 4.69) is 32.7 Å². The van der Waals surface area contributed by atoms with Gasteiger partial charge in [0.15, 0.2) is 10.3 Å². The van der Waals surface area contributed by atoms with E-state index in [1.165, 1.54) is 22.0 Å². The molecule has 144 valence electrons. The molecule has 2 heterocycles. The molecule has 4 rings (SSSR count). The number of rotatable bonds is 6. The Morgan fingerprint density at radius 2 is 1.89 bits per heavy atom. The second-order valence-electron chi connectivity index (χ2n) is 6.99. The van der Waals surface area contributed by atoms with Crippen LogP contribution in [0.25, 0.3) is 10.2 Å². The Hall–Kier alpha value is -2.38. The van der Waals surface area contributed by atoms with Gasteiger partial charge in [0.25, 0.3) is 0 Å². The van der Waals surface area contributed by atoms with Crippen molar-refractivity contribution in [2.24, 2.45) is 10.9 Å². The van der Waals surface area contributed by atoms with Crippen molar-refractivity contribution >= 4 is 54.4 Å². The van der Waals surface area contributed by atoms with Gasteiger partial charge < -0.3 is 10.6 Å². The summed E-state index contributed by atoms with van der Waals surface area (Å²) in [5.41, 5.74) is 3.20. The van der Waals surface area contributed by atoms with Gasteiger partial charge in [0, 0.05) is 12.2 Å². The molecule has 5 nitrogen and oxygen atoms in total. The number of thiazole rings is 1. The maximum atomic E-state index is 12.1. The number of carbonyl (C=O) groups is 1. The minimum Gasteiger partial charge on any atom is -0.361 e. The average molecular weight is 411 g/mol. The highest BCUT2D eigenvalue weighted by Crippen LogP contribution is 2.28. The van der Waals surface area contributed by atoms with Crippen LogP contribution in [0.4, 0.5) is 10.8 Å². The normalized spacial score (nSPS) is 16.6. The summed E-state index contributed by atoms with van der Waals surface area (Å²) in [4.78, 5) is 21.3. The number of para-hydroxylation sites is 2. The topological polar surface area (TPSA) is 66.4 Å². The molecule has 28 heavy (non-hydrogen) atoms. The van der Waals surface area contributed by atoms with Gasteiger partial charge in [-0.1, -0.05) is 55.5 Å². The lowest BCUT2D eigenvalue weighted by Gasteiger charge is -2.11. The number of thioether (sulfide) groups is 1. The van der Waals surface area contributed by atoms with E-state index in [9.17, 15) is 4.79 Å². The van der Waals surface area contributed by atoms with E-state index in [0.717, 1.165) is 29.3 Å². The van der Waals surface area contributed by atoms with Crippen LogP contribution in [0, 0.1) is 5.92 Å². The van der Waals surface area contributed by atoms with Crippen molar-refractivity contribution in [1.29, 1.82) is 0 Å². The fourth-order valence-electron chi connectivity index (χ4n) is 3.07. The van der Waals surface area contributed by atoms with Crippen LogP contribution < -0.4 is 10.6 Å². The number of amidine groups is 1. The highest BCUT2D eigenvalue weighted by Gasteiger charge is 2.30. The fraction of sp³-hybridized carbons (Fsp3) is 0.286. The molecule has 2 N–H and O–H groups in total. The van der Waals surface area contributed by atoms with Crippen LogP contribution >= 0.6 is 23.1 Å².